The highest BCUT2D eigenvalue weighted by Crippen LogP contribution is 2.21. The number of pyridine rings is 2. The molecule has 124 valence electrons. The summed E-state index contributed by atoms with van der Waals surface area (Å²) in [7, 11) is 1.93. The minimum Gasteiger partial charge on any atom is -0.478 e. The van der Waals surface area contributed by atoms with Gasteiger partial charge in [0.2, 0.25) is 5.88 Å². The Hall–Kier alpha value is -2.73. The fraction of sp³-hybridized carbons (Fsp3) is 0.278. The molecule has 0 radical (unpaired) electrons. The lowest BCUT2D eigenvalue weighted by Gasteiger charge is -2.09. The molecular formula is C18H21N5O. The fourth-order valence-corrected chi connectivity index (χ4v) is 2.57. The highest BCUT2D eigenvalue weighted by atomic mass is 16.5. The molecule has 0 aromatic carbocycles. The molecule has 0 unspecified atom stereocenters. The molecule has 3 aromatic rings. The van der Waals surface area contributed by atoms with Crippen LogP contribution in [0.4, 0.5) is 0 Å². The van der Waals surface area contributed by atoms with Gasteiger partial charge in [0, 0.05) is 61.6 Å². The van der Waals surface area contributed by atoms with E-state index >= 15 is 0 Å². The predicted octanol–water partition coefficient (Wildman–Crippen LogP) is 2.57. The van der Waals surface area contributed by atoms with Gasteiger partial charge in [0.15, 0.2) is 0 Å². The first-order valence-electron chi connectivity index (χ1n) is 7.98. The summed E-state index contributed by atoms with van der Waals surface area (Å²) in [5.41, 5.74) is 4.15. The number of nitrogens with zero attached hydrogens (tertiary/aromatic N) is 4. The van der Waals surface area contributed by atoms with E-state index in [4.69, 9.17) is 4.74 Å². The largest absolute Gasteiger partial charge is 0.478 e. The highest BCUT2D eigenvalue weighted by Gasteiger charge is 2.10. The van der Waals surface area contributed by atoms with Crippen LogP contribution in [-0.4, -0.2) is 26.4 Å². The lowest BCUT2D eigenvalue weighted by atomic mass is 10.1. The highest BCUT2D eigenvalue weighted by molar-refractivity contribution is 5.61. The molecule has 0 amide bonds. The van der Waals surface area contributed by atoms with E-state index in [9.17, 15) is 0 Å². The van der Waals surface area contributed by atoms with Crippen LogP contribution in [0.1, 0.15) is 18.1 Å². The van der Waals surface area contributed by atoms with Crippen molar-refractivity contribution in [3.63, 3.8) is 0 Å². The Kier molecular flexibility index (Phi) is 5.18. The Balaban J connectivity index is 1.70. The molecule has 6 nitrogen and oxygen atoms in total. The smallest absolute Gasteiger partial charge is 0.217 e. The van der Waals surface area contributed by atoms with Gasteiger partial charge in [-0.1, -0.05) is 6.07 Å². The Morgan fingerprint density at radius 2 is 1.96 bits per heavy atom. The minimum absolute atomic E-state index is 0.609. The summed E-state index contributed by atoms with van der Waals surface area (Å²) >= 11 is 0. The summed E-state index contributed by atoms with van der Waals surface area (Å²) in [6.07, 6.45) is 7.38. The first-order valence-corrected chi connectivity index (χ1v) is 7.98. The Bertz CT molecular complexity index is 785. The zero-order valence-electron chi connectivity index (χ0n) is 13.9. The number of aryl methyl sites for hydroxylation is 1. The Labute approximate surface area is 141 Å². The molecule has 0 atom stereocenters. The maximum absolute atomic E-state index is 5.56. The summed E-state index contributed by atoms with van der Waals surface area (Å²) in [5, 5.41) is 8.00. The molecule has 0 saturated carbocycles. The summed E-state index contributed by atoms with van der Waals surface area (Å²) < 4.78 is 7.39. The molecule has 0 spiro atoms. The molecule has 1 N–H and O–H groups in total. The van der Waals surface area contributed by atoms with Crippen LogP contribution < -0.4 is 10.1 Å². The summed E-state index contributed by atoms with van der Waals surface area (Å²) in [6, 6.07) is 7.89. The van der Waals surface area contributed by atoms with E-state index in [0.29, 0.717) is 25.6 Å². The van der Waals surface area contributed by atoms with E-state index in [0.717, 1.165) is 22.4 Å². The van der Waals surface area contributed by atoms with Crippen LogP contribution in [0.15, 0.2) is 49.1 Å². The maximum Gasteiger partial charge on any atom is 0.217 e. The van der Waals surface area contributed by atoms with Crippen LogP contribution in [-0.2, 0) is 20.1 Å². The molecule has 0 aliphatic rings. The van der Waals surface area contributed by atoms with E-state index in [1.807, 2.05) is 55.3 Å². The average Bonchev–Trinajstić information content (AvgIpc) is 2.98. The van der Waals surface area contributed by atoms with Crippen LogP contribution in [0.25, 0.3) is 11.3 Å². The van der Waals surface area contributed by atoms with E-state index < -0.39 is 0 Å². The third-order valence-electron chi connectivity index (χ3n) is 3.60. The molecule has 0 fully saturated rings. The molecular weight excluding hydrogens is 302 g/mol. The van der Waals surface area contributed by atoms with Crippen molar-refractivity contribution < 1.29 is 4.74 Å². The second-order valence-corrected chi connectivity index (χ2v) is 5.42. The van der Waals surface area contributed by atoms with Crippen molar-refractivity contribution in [1.82, 2.24) is 25.1 Å². The van der Waals surface area contributed by atoms with Crippen LogP contribution in [0.3, 0.4) is 0 Å². The van der Waals surface area contributed by atoms with Crippen LogP contribution in [0.2, 0.25) is 0 Å². The minimum atomic E-state index is 0.609. The first kappa shape index (κ1) is 16.1. The van der Waals surface area contributed by atoms with Crippen LogP contribution >= 0.6 is 0 Å². The molecule has 3 aromatic heterocycles. The van der Waals surface area contributed by atoms with Gasteiger partial charge in [-0.25, -0.2) is 4.98 Å². The maximum atomic E-state index is 5.56. The van der Waals surface area contributed by atoms with Gasteiger partial charge in [-0.2, -0.15) is 5.10 Å². The lowest BCUT2D eigenvalue weighted by molar-refractivity contribution is 0.322. The van der Waals surface area contributed by atoms with Crippen molar-refractivity contribution in [2.24, 2.45) is 7.05 Å². The van der Waals surface area contributed by atoms with Crippen molar-refractivity contribution in [3.05, 3.63) is 60.2 Å². The lowest BCUT2D eigenvalue weighted by Crippen LogP contribution is -2.14. The van der Waals surface area contributed by atoms with E-state index in [2.05, 4.69) is 20.4 Å². The Morgan fingerprint density at radius 3 is 2.75 bits per heavy atom. The number of hydrogen-bond acceptors (Lipinski definition) is 5. The van der Waals surface area contributed by atoms with E-state index in [1.165, 1.54) is 0 Å². The van der Waals surface area contributed by atoms with Crippen molar-refractivity contribution >= 4 is 0 Å². The summed E-state index contributed by atoms with van der Waals surface area (Å²) in [4.78, 5) is 8.45. The fourth-order valence-electron chi connectivity index (χ4n) is 2.57. The first-order chi connectivity index (χ1) is 11.8. The second-order valence-electron chi connectivity index (χ2n) is 5.42. The zero-order valence-corrected chi connectivity index (χ0v) is 13.9. The van der Waals surface area contributed by atoms with Crippen molar-refractivity contribution in [2.75, 3.05) is 6.61 Å². The topological polar surface area (TPSA) is 64.9 Å². The van der Waals surface area contributed by atoms with Gasteiger partial charge in [0.25, 0.3) is 0 Å². The number of nitrogens with one attached hydrogen (secondary N) is 1. The van der Waals surface area contributed by atoms with Gasteiger partial charge in [-0.05, 0) is 25.1 Å². The average molecular weight is 323 g/mol. The van der Waals surface area contributed by atoms with Gasteiger partial charge in [0.1, 0.15) is 0 Å². The number of rotatable bonds is 7. The van der Waals surface area contributed by atoms with Gasteiger partial charge in [-0.15, -0.1) is 0 Å². The normalized spacial score (nSPS) is 10.8. The molecule has 3 rings (SSSR count). The second kappa shape index (κ2) is 7.70. The van der Waals surface area contributed by atoms with Crippen LogP contribution in [0, 0.1) is 0 Å². The van der Waals surface area contributed by atoms with E-state index in [1.54, 1.807) is 12.4 Å². The van der Waals surface area contributed by atoms with Crippen LogP contribution in [0.5, 0.6) is 5.88 Å². The van der Waals surface area contributed by atoms with Gasteiger partial charge < -0.3 is 10.1 Å². The Morgan fingerprint density at radius 1 is 1.12 bits per heavy atom. The molecule has 0 bridgehead atoms. The standard InChI is InChI=1S/C18H21N5O/c1-3-24-18-15(7-5-9-21-18)11-20-12-16-13-23(2)22-17(16)14-6-4-8-19-10-14/h4-10,13,20H,3,11-12H2,1-2H3. The molecule has 24 heavy (non-hydrogen) atoms. The SMILES string of the molecule is CCOc1ncccc1CNCc1cn(C)nc1-c1cccnc1. The molecule has 0 aliphatic carbocycles. The molecule has 3 heterocycles. The van der Waals surface area contributed by atoms with Gasteiger partial charge >= 0.3 is 0 Å². The van der Waals surface area contributed by atoms with E-state index in [-0.39, 0.29) is 0 Å². The predicted molar refractivity (Wildman–Crippen MR) is 92.4 cm³/mol. The number of hydrogen-bond donors (Lipinski definition) is 1. The van der Waals surface area contributed by atoms with Crippen molar-refractivity contribution in [1.29, 1.82) is 0 Å². The quantitative estimate of drug-likeness (QED) is 0.724. The van der Waals surface area contributed by atoms with Gasteiger partial charge in [0.05, 0.1) is 12.3 Å². The molecule has 0 aliphatic heterocycles. The summed E-state index contributed by atoms with van der Waals surface area (Å²) in [6.45, 7) is 3.96. The summed E-state index contributed by atoms with van der Waals surface area (Å²) in [5.74, 6) is 0.686. The third-order valence-corrected chi connectivity index (χ3v) is 3.60. The number of ether oxygens (including phenoxy) is 1. The third kappa shape index (κ3) is 3.78. The van der Waals surface area contributed by atoms with Crippen molar-refractivity contribution in [2.45, 2.75) is 20.0 Å². The van der Waals surface area contributed by atoms with Crippen molar-refractivity contribution in [3.8, 4) is 17.1 Å². The monoisotopic (exact) mass is 323 g/mol. The van der Waals surface area contributed by atoms with Gasteiger partial charge in [-0.3, -0.25) is 9.67 Å². The number of aromatic nitrogens is 4. The molecule has 0 saturated heterocycles. The molecule has 6 heteroatoms. The zero-order chi connectivity index (χ0) is 16.8.